The Kier molecular flexibility index (Phi) is 3.78. The number of fused-ring (bicyclic) bond motifs is 2. The topological polar surface area (TPSA) is 71.5 Å². The van der Waals surface area contributed by atoms with Crippen molar-refractivity contribution in [2.75, 3.05) is 4.90 Å². The van der Waals surface area contributed by atoms with Gasteiger partial charge in [0.15, 0.2) is 11.6 Å². The summed E-state index contributed by atoms with van der Waals surface area (Å²) < 4.78 is 0.704. The summed E-state index contributed by atoms with van der Waals surface area (Å²) in [6.07, 6.45) is 1.23. The maximum Gasteiger partial charge on any atom is 0.248 e. The minimum Gasteiger partial charge on any atom is -0.289 e. The zero-order chi connectivity index (χ0) is 19.5. The lowest BCUT2D eigenvalue weighted by Crippen LogP contribution is -2.44. The summed E-state index contributed by atoms with van der Waals surface area (Å²) in [4.78, 5) is 52.3. The summed E-state index contributed by atoms with van der Waals surface area (Å²) in [5.74, 6) is -1.68. The molecule has 0 N–H and O–H groups in total. The molecule has 0 saturated carbocycles. The number of rotatable bonds is 1. The number of ketones is 2. The summed E-state index contributed by atoms with van der Waals surface area (Å²) in [7, 11) is 0. The van der Waals surface area contributed by atoms with E-state index in [1.165, 1.54) is 13.0 Å². The fraction of sp³-hybridized carbons (Fsp3) is 0.143. The number of imide groups is 1. The molecule has 0 radical (unpaired) electrons. The molecule has 2 aliphatic rings. The third kappa shape index (κ3) is 2.29. The number of allylic oxidation sites excluding steroid dienone is 1. The first kappa shape index (κ1) is 17.5. The molecule has 1 unspecified atom stereocenters. The van der Waals surface area contributed by atoms with Crippen LogP contribution in [0, 0.1) is 0 Å². The smallest absolute Gasteiger partial charge is 0.248 e. The number of nitrogens with zero attached hydrogens (tertiary/aromatic N) is 1. The predicted molar refractivity (Wildman–Crippen MR) is 103 cm³/mol. The maximum atomic E-state index is 13.3. The van der Waals surface area contributed by atoms with Crippen molar-refractivity contribution in [1.29, 1.82) is 0 Å². The number of benzene rings is 2. The Bertz CT molecular complexity index is 1100. The average molecular weight is 424 g/mol. The van der Waals surface area contributed by atoms with Crippen LogP contribution < -0.4 is 4.90 Å². The van der Waals surface area contributed by atoms with Crippen molar-refractivity contribution in [3.63, 3.8) is 0 Å². The highest BCUT2D eigenvalue weighted by Crippen LogP contribution is 2.48. The van der Waals surface area contributed by atoms with E-state index in [2.05, 4.69) is 15.9 Å². The van der Waals surface area contributed by atoms with Crippen LogP contribution in [0.25, 0.3) is 0 Å². The number of hydrogen-bond donors (Lipinski definition) is 0. The van der Waals surface area contributed by atoms with Crippen LogP contribution in [0.5, 0.6) is 0 Å². The van der Waals surface area contributed by atoms with E-state index in [-0.39, 0.29) is 22.7 Å². The molecule has 5 nitrogen and oxygen atoms in total. The van der Waals surface area contributed by atoms with Crippen LogP contribution in [0.1, 0.15) is 40.1 Å². The van der Waals surface area contributed by atoms with Gasteiger partial charge in [-0.2, -0.15) is 0 Å². The van der Waals surface area contributed by atoms with Gasteiger partial charge in [0, 0.05) is 28.1 Å². The lowest BCUT2D eigenvalue weighted by molar-refractivity contribution is -0.127. The van der Waals surface area contributed by atoms with Crippen LogP contribution in [-0.4, -0.2) is 23.4 Å². The fourth-order valence-corrected chi connectivity index (χ4v) is 4.17. The van der Waals surface area contributed by atoms with Gasteiger partial charge in [-0.1, -0.05) is 46.3 Å². The van der Waals surface area contributed by atoms with E-state index in [1.807, 2.05) is 0 Å². The Morgan fingerprint density at radius 2 is 1.70 bits per heavy atom. The Morgan fingerprint density at radius 1 is 1.04 bits per heavy atom. The summed E-state index contributed by atoms with van der Waals surface area (Å²) in [5.41, 5.74) is 0.210. The number of carbonyl (C=O) groups excluding carboxylic acids is 4. The van der Waals surface area contributed by atoms with Crippen molar-refractivity contribution in [3.8, 4) is 0 Å². The molecule has 4 rings (SSSR count). The van der Waals surface area contributed by atoms with Gasteiger partial charge in [-0.05, 0) is 30.7 Å². The summed E-state index contributed by atoms with van der Waals surface area (Å²) >= 11 is 3.35. The van der Waals surface area contributed by atoms with Gasteiger partial charge in [0.2, 0.25) is 11.8 Å². The van der Waals surface area contributed by atoms with E-state index < -0.39 is 17.2 Å². The minimum atomic E-state index is -1.41. The number of amides is 2. The largest absolute Gasteiger partial charge is 0.289 e. The van der Waals surface area contributed by atoms with E-state index >= 15 is 0 Å². The Hall–Kier alpha value is -2.86. The van der Waals surface area contributed by atoms with Crippen molar-refractivity contribution >= 4 is 45.0 Å². The first-order chi connectivity index (χ1) is 12.8. The van der Waals surface area contributed by atoms with Gasteiger partial charge in [0.25, 0.3) is 0 Å². The molecule has 0 fully saturated rings. The van der Waals surface area contributed by atoms with Crippen LogP contribution in [0.15, 0.2) is 58.6 Å². The molecule has 27 heavy (non-hydrogen) atoms. The molecule has 2 aromatic rings. The second-order valence-electron chi connectivity index (χ2n) is 6.74. The van der Waals surface area contributed by atoms with Crippen LogP contribution >= 0.6 is 15.9 Å². The molecule has 134 valence electrons. The van der Waals surface area contributed by atoms with E-state index in [0.29, 0.717) is 21.3 Å². The summed E-state index contributed by atoms with van der Waals surface area (Å²) in [5, 5.41) is 0. The van der Waals surface area contributed by atoms with Gasteiger partial charge in [-0.15, -0.1) is 0 Å². The molecule has 6 heteroatoms. The Morgan fingerprint density at radius 3 is 2.37 bits per heavy atom. The zero-order valence-electron chi connectivity index (χ0n) is 14.6. The van der Waals surface area contributed by atoms with Crippen LogP contribution in [0.3, 0.4) is 0 Å². The molecule has 2 aromatic carbocycles. The molecule has 1 atom stereocenters. The first-order valence-corrected chi connectivity index (χ1v) is 9.11. The predicted octanol–water partition coefficient (Wildman–Crippen LogP) is 3.61. The van der Waals surface area contributed by atoms with Crippen molar-refractivity contribution in [2.45, 2.75) is 19.3 Å². The van der Waals surface area contributed by atoms with Crippen LogP contribution in [0.4, 0.5) is 5.69 Å². The van der Waals surface area contributed by atoms with E-state index in [1.54, 1.807) is 49.4 Å². The third-order valence-electron chi connectivity index (χ3n) is 5.18. The van der Waals surface area contributed by atoms with Gasteiger partial charge in [-0.3, -0.25) is 19.2 Å². The number of anilines is 1. The standard InChI is InChI=1S/C21H14BrNO4/c1-11(24)23-17-9-12(22)7-8-15(17)21(2,20(23)27)16-10-18(25)13-5-3-4-6-14(13)19(16)26/h3-10H,1-2H3. The monoisotopic (exact) mass is 423 g/mol. The SMILES string of the molecule is CC(=O)N1C(=O)C(C)(C2=CC(=O)c3ccccc3C2=O)c2ccc(Br)cc21. The second-order valence-corrected chi connectivity index (χ2v) is 7.66. The highest BCUT2D eigenvalue weighted by atomic mass is 79.9. The summed E-state index contributed by atoms with van der Waals surface area (Å²) in [6, 6.07) is 11.7. The van der Waals surface area contributed by atoms with Crippen molar-refractivity contribution in [1.82, 2.24) is 0 Å². The average Bonchev–Trinajstić information content (AvgIpc) is 2.85. The van der Waals surface area contributed by atoms with Crippen molar-refractivity contribution in [2.24, 2.45) is 0 Å². The molecule has 0 bridgehead atoms. The zero-order valence-corrected chi connectivity index (χ0v) is 16.2. The fourth-order valence-electron chi connectivity index (χ4n) is 3.82. The Labute approximate surface area is 163 Å². The van der Waals surface area contributed by atoms with Crippen molar-refractivity contribution < 1.29 is 19.2 Å². The highest BCUT2D eigenvalue weighted by molar-refractivity contribution is 9.10. The number of Topliss-reactive ketones (excluding diaryl/α,β-unsaturated/α-hetero) is 1. The van der Waals surface area contributed by atoms with Gasteiger partial charge in [0.1, 0.15) is 5.41 Å². The van der Waals surface area contributed by atoms with Gasteiger partial charge in [0.05, 0.1) is 5.69 Å². The Balaban J connectivity index is 1.97. The number of hydrogen-bond acceptors (Lipinski definition) is 4. The summed E-state index contributed by atoms with van der Waals surface area (Å²) in [6.45, 7) is 2.89. The quantitative estimate of drug-likeness (QED) is 0.702. The molecule has 1 heterocycles. The number of halogens is 1. The number of carbonyl (C=O) groups is 4. The normalized spacial score (nSPS) is 21.1. The van der Waals surface area contributed by atoms with Crippen LogP contribution in [0.2, 0.25) is 0 Å². The van der Waals surface area contributed by atoms with Gasteiger partial charge < -0.3 is 0 Å². The molecule has 1 aliphatic heterocycles. The molecule has 0 saturated heterocycles. The maximum absolute atomic E-state index is 13.3. The molecule has 0 spiro atoms. The molecule has 2 amide bonds. The first-order valence-electron chi connectivity index (χ1n) is 8.32. The lowest BCUT2D eigenvalue weighted by Gasteiger charge is -2.28. The van der Waals surface area contributed by atoms with E-state index in [4.69, 9.17) is 0 Å². The van der Waals surface area contributed by atoms with E-state index in [0.717, 1.165) is 4.90 Å². The highest BCUT2D eigenvalue weighted by Gasteiger charge is 2.54. The lowest BCUT2D eigenvalue weighted by atomic mass is 9.71. The molecule has 1 aliphatic carbocycles. The minimum absolute atomic E-state index is 0.0866. The van der Waals surface area contributed by atoms with Gasteiger partial charge >= 0.3 is 0 Å². The molecular formula is C21H14BrNO4. The van der Waals surface area contributed by atoms with E-state index in [9.17, 15) is 19.2 Å². The third-order valence-corrected chi connectivity index (χ3v) is 5.67. The van der Waals surface area contributed by atoms with Gasteiger partial charge in [-0.25, -0.2) is 4.90 Å². The second kappa shape index (κ2) is 5.82. The van der Waals surface area contributed by atoms with Crippen LogP contribution in [-0.2, 0) is 15.0 Å². The van der Waals surface area contributed by atoms with Crippen molar-refractivity contribution in [3.05, 3.63) is 75.3 Å². The molecule has 0 aromatic heterocycles. The molecular weight excluding hydrogens is 410 g/mol.